The van der Waals surface area contributed by atoms with Crippen LogP contribution in [0.3, 0.4) is 0 Å². The van der Waals surface area contributed by atoms with Crippen molar-refractivity contribution in [3.63, 3.8) is 0 Å². The quantitative estimate of drug-likeness (QED) is 0.507. The minimum absolute atomic E-state index is 0.00107. The van der Waals surface area contributed by atoms with E-state index in [4.69, 9.17) is 0 Å². The van der Waals surface area contributed by atoms with Crippen LogP contribution in [-0.2, 0) is 4.79 Å². The summed E-state index contributed by atoms with van der Waals surface area (Å²) in [5, 5.41) is 3.13. The summed E-state index contributed by atoms with van der Waals surface area (Å²) in [4.78, 5) is 32.7. The molecule has 0 aliphatic carbocycles. The van der Waals surface area contributed by atoms with Crippen molar-refractivity contribution in [3.8, 4) is 0 Å². The van der Waals surface area contributed by atoms with Crippen molar-refractivity contribution < 1.29 is 9.59 Å². The molecule has 1 atom stereocenters. The molecule has 6 heteroatoms. The summed E-state index contributed by atoms with van der Waals surface area (Å²) in [7, 11) is 0. The Bertz CT molecular complexity index is 709. The topological polar surface area (TPSA) is 72.0 Å². The molecule has 0 aliphatic rings. The van der Waals surface area contributed by atoms with Crippen LogP contribution in [0.2, 0.25) is 0 Å². The van der Waals surface area contributed by atoms with Crippen LogP contribution in [0.1, 0.15) is 38.1 Å². The van der Waals surface area contributed by atoms with Gasteiger partial charge in [0.25, 0.3) is 0 Å². The number of hydrogen-bond acceptors (Lipinski definition) is 5. The lowest BCUT2D eigenvalue weighted by atomic mass is 9.95. The zero-order chi connectivity index (χ0) is 17.7. The third-order valence-corrected chi connectivity index (χ3v) is 4.29. The zero-order valence-electron chi connectivity index (χ0n) is 14.2. The maximum atomic E-state index is 12.5. The van der Waals surface area contributed by atoms with Crippen LogP contribution in [0.25, 0.3) is 0 Å². The van der Waals surface area contributed by atoms with Gasteiger partial charge in [-0.05, 0) is 37.3 Å². The first kappa shape index (κ1) is 18.1. The molecule has 0 saturated carbocycles. The number of ketones is 1. The molecule has 0 fully saturated rings. The molecule has 1 aromatic carbocycles. The maximum Gasteiger partial charge on any atom is 0.229 e. The molecule has 0 radical (unpaired) electrons. The molecule has 1 aromatic heterocycles. The molecule has 126 valence electrons. The molecule has 0 unspecified atom stereocenters. The number of hydrogen-bond donors (Lipinski definition) is 1. The molecule has 2 aromatic rings. The highest BCUT2D eigenvalue weighted by atomic mass is 32.2. The smallest absolute Gasteiger partial charge is 0.229 e. The second-order valence-electron chi connectivity index (χ2n) is 6.44. The molecule has 24 heavy (non-hydrogen) atoms. The molecule has 1 N–H and O–H groups in total. The summed E-state index contributed by atoms with van der Waals surface area (Å²) in [6.07, 6.45) is 3.30. The van der Waals surface area contributed by atoms with Gasteiger partial charge in [0.1, 0.15) is 0 Å². The van der Waals surface area contributed by atoms with Crippen molar-refractivity contribution in [1.29, 1.82) is 0 Å². The summed E-state index contributed by atoms with van der Waals surface area (Å²) >= 11 is 1.32. The van der Waals surface area contributed by atoms with Gasteiger partial charge < -0.3 is 5.32 Å². The number of nitrogens with zero attached hydrogens (tertiary/aromatic N) is 2. The summed E-state index contributed by atoms with van der Waals surface area (Å²) in [6.45, 7) is 7.39. The number of carbonyl (C=O) groups excluding carboxylic acids is 2. The predicted octanol–water partition coefficient (Wildman–Crippen LogP) is 3.82. The molecule has 1 heterocycles. The van der Waals surface area contributed by atoms with Gasteiger partial charge in [0.2, 0.25) is 5.91 Å². The van der Waals surface area contributed by atoms with Crippen LogP contribution in [0.5, 0.6) is 0 Å². The summed E-state index contributed by atoms with van der Waals surface area (Å²) < 4.78 is 0. The van der Waals surface area contributed by atoms with Crippen LogP contribution >= 0.6 is 11.8 Å². The third kappa shape index (κ3) is 4.89. The highest BCUT2D eigenvalue weighted by Crippen LogP contribution is 2.23. The highest BCUT2D eigenvalue weighted by Gasteiger charge is 2.21. The first-order chi connectivity index (χ1) is 11.3. The van der Waals surface area contributed by atoms with E-state index in [2.05, 4.69) is 15.3 Å². The van der Waals surface area contributed by atoms with E-state index in [1.807, 2.05) is 27.7 Å². The Hall–Kier alpha value is -2.21. The van der Waals surface area contributed by atoms with Gasteiger partial charge in [-0.3, -0.25) is 9.59 Å². The second-order valence-corrected chi connectivity index (χ2v) is 7.75. The van der Waals surface area contributed by atoms with E-state index in [-0.39, 0.29) is 16.9 Å². The monoisotopic (exact) mass is 343 g/mol. The van der Waals surface area contributed by atoms with E-state index in [0.29, 0.717) is 16.4 Å². The van der Waals surface area contributed by atoms with E-state index in [1.165, 1.54) is 11.8 Å². The number of benzene rings is 1. The Kier molecular flexibility index (Phi) is 5.72. The number of carbonyl (C=O) groups is 2. The van der Waals surface area contributed by atoms with Gasteiger partial charge in [-0.2, -0.15) is 0 Å². The van der Waals surface area contributed by atoms with Crippen LogP contribution in [0, 0.1) is 5.41 Å². The summed E-state index contributed by atoms with van der Waals surface area (Å²) in [5.74, 6) is -0.0622. The SMILES string of the molecule is C[C@H](Sc1ncccn1)C(=O)c1ccc(NC(=O)C(C)(C)C)cc1. The van der Waals surface area contributed by atoms with E-state index in [1.54, 1.807) is 42.7 Å². The number of amides is 1. The van der Waals surface area contributed by atoms with Gasteiger partial charge in [-0.1, -0.05) is 32.5 Å². The lowest BCUT2D eigenvalue weighted by molar-refractivity contribution is -0.123. The molecular formula is C18H21N3O2S. The average Bonchev–Trinajstić information content (AvgIpc) is 2.55. The van der Waals surface area contributed by atoms with Crippen molar-refractivity contribution in [2.45, 2.75) is 38.1 Å². The van der Waals surface area contributed by atoms with Gasteiger partial charge in [-0.25, -0.2) is 9.97 Å². The number of aromatic nitrogens is 2. The highest BCUT2D eigenvalue weighted by molar-refractivity contribution is 8.00. The Morgan fingerprint density at radius 3 is 2.21 bits per heavy atom. The van der Waals surface area contributed by atoms with Gasteiger partial charge in [-0.15, -0.1) is 0 Å². The standard InChI is InChI=1S/C18H21N3O2S/c1-12(24-17-19-10-5-11-20-17)15(22)13-6-8-14(9-7-13)21-16(23)18(2,3)4/h5-12H,1-4H3,(H,21,23)/t12-/m0/s1. The van der Waals surface area contributed by atoms with Crippen molar-refractivity contribution >= 4 is 29.1 Å². The van der Waals surface area contributed by atoms with Crippen molar-refractivity contribution in [2.24, 2.45) is 5.41 Å². The zero-order valence-corrected chi connectivity index (χ0v) is 15.1. The number of nitrogens with one attached hydrogen (secondary N) is 1. The van der Waals surface area contributed by atoms with Gasteiger partial charge in [0.05, 0.1) is 5.25 Å². The van der Waals surface area contributed by atoms with Crippen molar-refractivity contribution in [1.82, 2.24) is 9.97 Å². The second kappa shape index (κ2) is 7.57. The molecule has 0 aliphatic heterocycles. The fraction of sp³-hybridized carbons (Fsp3) is 0.333. The number of anilines is 1. The molecule has 2 rings (SSSR count). The molecule has 1 amide bonds. The van der Waals surface area contributed by atoms with Crippen LogP contribution in [0.15, 0.2) is 47.9 Å². The van der Waals surface area contributed by atoms with Crippen LogP contribution in [-0.4, -0.2) is 26.9 Å². The van der Waals surface area contributed by atoms with Crippen molar-refractivity contribution in [3.05, 3.63) is 48.3 Å². The first-order valence-electron chi connectivity index (χ1n) is 7.67. The van der Waals surface area contributed by atoms with Gasteiger partial charge in [0.15, 0.2) is 10.9 Å². The number of Topliss-reactive ketones (excluding diaryl/α,β-unsaturated/α-hetero) is 1. The Morgan fingerprint density at radius 1 is 1.08 bits per heavy atom. The Labute approximate surface area is 146 Å². The fourth-order valence-electron chi connectivity index (χ4n) is 1.83. The van der Waals surface area contributed by atoms with Gasteiger partial charge >= 0.3 is 0 Å². The lowest BCUT2D eigenvalue weighted by Crippen LogP contribution is -2.27. The Morgan fingerprint density at radius 2 is 1.67 bits per heavy atom. The molecule has 0 saturated heterocycles. The largest absolute Gasteiger partial charge is 0.326 e. The predicted molar refractivity (Wildman–Crippen MR) is 96.2 cm³/mol. The minimum atomic E-state index is -0.463. The third-order valence-electron chi connectivity index (χ3n) is 3.30. The van der Waals surface area contributed by atoms with E-state index < -0.39 is 5.41 Å². The lowest BCUT2D eigenvalue weighted by Gasteiger charge is -2.17. The molecule has 5 nitrogen and oxygen atoms in total. The summed E-state index contributed by atoms with van der Waals surface area (Å²) in [6, 6.07) is 8.68. The molecular weight excluding hydrogens is 322 g/mol. The number of rotatable bonds is 5. The van der Waals surface area contributed by atoms with Crippen LogP contribution in [0.4, 0.5) is 5.69 Å². The number of thioether (sulfide) groups is 1. The van der Waals surface area contributed by atoms with Gasteiger partial charge in [0, 0.05) is 29.1 Å². The van der Waals surface area contributed by atoms with E-state index >= 15 is 0 Å². The fourth-order valence-corrected chi connectivity index (χ4v) is 2.63. The van der Waals surface area contributed by atoms with E-state index in [0.717, 1.165) is 0 Å². The minimum Gasteiger partial charge on any atom is -0.326 e. The van der Waals surface area contributed by atoms with Crippen molar-refractivity contribution in [2.75, 3.05) is 5.32 Å². The average molecular weight is 343 g/mol. The van der Waals surface area contributed by atoms with E-state index in [9.17, 15) is 9.59 Å². The first-order valence-corrected chi connectivity index (χ1v) is 8.55. The normalized spacial score (nSPS) is 12.5. The maximum absolute atomic E-state index is 12.5. The summed E-state index contributed by atoms with van der Waals surface area (Å²) in [5.41, 5.74) is 0.813. The van der Waals surface area contributed by atoms with Crippen LogP contribution < -0.4 is 5.32 Å². The molecule has 0 spiro atoms. The molecule has 0 bridgehead atoms. The Balaban J connectivity index is 2.02.